The Morgan fingerprint density at radius 1 is 1.24 bits per heavy atom. The average Bonchev–Trinajstić information content (AvgIpc) is 2.48. The van der Waals surface area contributed by atoms with E-state index in [2.05, 4.69) is 15.5 Å². The van der Waals surface area contributed by atoms with Crippen LogP contribution in [-0.4, -0.2) is 22.0 Å². The number of carbonyl (C=O) groups excluding carboxylic acids is 1. The van der Waals surface area contributed by atoms with Crippen LogP contribution in [0.15, 0.2) is 30.3 Å². The van der Waals surface area contributed by atoms with Crippen LogP contribution in [0.4, 0.5) is 5.69 Å². The molecule has 1 aromatic carbocycles. The van der Waals surface area contributed by atoms with E-state index in [4.69, 9.17) is 11.6 Å². The fourth-order valence-corrected chi connectivity index (χ4v) is 2.19. The van der Waals surface area contributed by atoms with Gasteiger partial charge in [-0.3, -0.25) is 4.79 Å². The first kappa shape index (κ1) is 15.4. The number of aryl methyl sites for hydroxylation is 3. The Balaban J connectivity index is 2.14. The number of aromatic nitrogens is 2. The van der Waals surface area contributed by atoms with Crippen LogP contribution in [0.3, 0.4) is 0 Å². The van der Waals surface area contributed by atoms with Gasteiger partial charge in [-0.2, -0.15) is 10.2 Å². The second-order valence-electron chi connectivity index (χ2n) is 4.93. The van der Waals surface area contributed by atoms with Gasteiger partial charge in [-0.1, -0.05) is 12.1 Å². The maximum Gasteiger partial charge on any atom is 0.257 e. The molecule has 0 aliphatic heterocycles. The van der Waals surface area contributed by atoms with Crippen molar-refractivity contribution in [2.24, 2.45) is 0 Å². The smallest absolute Gasteiger partial charge is 0.257 e. The second-order valence-corrected chi connectivity index (χ2v) is 5.31. The van der Waals surface area contributed by atoms with Crippen molar-refractivity contribution in [2.75, 3.05) is 11.2 Å². The molecule has 1 N–H and O–H groups in total. The zero-order valence-electron chi connectivity index (χ0n) is 12.2. The molecule has 2 rings (SSSR count). The van der Waals surface area contributed by atoms with E-state index >= 15 is 0 Å². The number of nitrogens with zero attached hydrogens (tertiary/aromatic N) is 2. The lowest BCUT2D eigenvalue weighted by atomic mass is 10.1. The minimum atomic E-state index is -0.167. The normalized spacial score (nSPS) is 10.4. The molecule has 1 aromatic heterocycles. The van der Waals surface area contributed by atoms with Crippen molar-refractivity contribution >= 4 is 23.2 Å². The highest BCUT2D eigenvalue weighted by molar-refractivity contribution is 6.17. The van der Waals surface area contributed by atoms with Crippen LogP contribution in [0.5, 0.6) is 0 Å². The molecular formula is C16H18ClN3O. The summed E-state index contributed by atoms with van der Waals surface area (Å²) in [6.45, 7) is 3.59. The van der Waals surface area contributed by atoms with E-state index in [9.17, 15) is 4.79 Å². The fraction of sp³-hybridized carbons (Fsp3) is 0.312. The lowest BCUT2D eigenvalue weighted by Crippen LogP contribution is -2.15. The molecule has 21 heavy (non-hydrogen) atoms. The molecule has 0 aliphatic carbocycles. The summed E-state index contributed by atoms with van der Waals surface area (Å²) in [4.78, 5) is 12.3. The molecule has 0 saturated carbocycles. The number of alkyl halides is 1. The SMILES string of the molecule is Cc1cc(C(=O)Nc2cccc(CCCCl)c2)c(C)nn1. The highest BCUT2D eigenvalue weighted by atomic mass is 35.5. The quantitative estimate of drug-likeness (QED) is 0.860. The first-order valence-electron chi connectivity index (χ1n) is 6.87. The summed E-state index contributed by atoms with van der Waals surface area (Å²) in [5.74, 6) is 0.470. The number of amides is 1. The Hall–Kier alpha value is -1.94. The summed E-state index contributed by atoms with van der Waals surface area (Å²) >= 11 is 5.71. The minimum Gasteiger partial charge on any atom is -0.322 e. The van der Waals surface area contributed by atoms with Crippen molar-refractivity contribution in [2.45, 2.75) is 26.7 Å². The third-order valence-corrected chi connectivity index (χ3v) is 3.40. The van der Waals surface area contributed by atoms with Crippen LogP contribution in [0.1, 0.15) is 33.7 Å². The lowest BCUT2D eigenvalue weighted by molar-refractivity contribution is 0.102. The van der Waals surface area contributed by atoms with Crippen molar-refractivity contribution in [1.82, 2.24) is 10.2 Å². The van der Waals surface area contributed by atoms with E-state index in [0.29, 0.717) is 17.1 Å². The molecule has 1 amide bonds. The Kier molecular flexibility index (Phi) is 5.28. The van der Waals surface area contributed by atoms with Gasteiger partial charge in [-0.05, 0) is 50.5 Å². The maximum atomic E-state index is 12.3. The van der Waals surface area contributed by atoms with Gasteiger partial charge in [-0.15, -0.1) is 11.6 Å². The Bertz CT molecular complexity index is 643. The van der Waals surface area contributed by atoms with E-state index in [1.165, 1.54) is 0 Å². The Labute approximate surface area is 129 Å². The van der Waals surface area contributed by atoms with Crippen LogP contribution >= 0.6 is 11.6 Å². The van der Waals surface area contributed by atoms with Crippen LogP contribution < -0.4 is 5.32 Å². The van der Waals surface area contributed by atoms with Crippen LogP contribution in [-0.2, 0) is 6.42 Å². The van der Waals surface area contributed by atoms with Gasteiger partial charge in [-0.25, -0.2) is 0 Å². The van der Waals surface area contributed by atoms with E-state index in [1.807, 2.05) is 31.2 Å². The molecule has 4 nitrogen and oxygen atoms in total. The predicted octanol–water partition coefficient (Wildman–Crippen LogP) is 3.52. The molecule has 110 valence electrons. The summed E-state index contributed by atoms with van der Waals surface area (Å²) in [5, 5.41) is 10.8. The van der Waals surface area contributed by atoms with Crippen molar-refractivity contribution < 1.29 is 4.79 Å². The fourth-order valence-electron chi connectivity index (χ4n) is 2.05. The molecule has 0 fully saturated rings. The van der Waals surface area contributed by atoms with Gasteiger partial charge in [0.05, 0.1) is 17.0 Å². The van der Waals surface area contributed by atoms with Gasteiger partial charge >= 0.3 is 0 Å². The third kappa shape index (κ3) is 4.26. The van der Waals surface area contributed by atoms with E-state index in [1.54, 1.807) is 13.0 Å². The van der Waals surface area contributed by atoms with Gasteiger partial charge in [0.25, 0.3) is 5.91 Å². The molecule has 5 heteroatoms. The molecule has 0 bridgehead atoms. The Morgan fingerprint density at radius 3 is 2.81 bits per heavy atom. The van der Waals surface area contributed by atoms with Gasteiger partial charge in [0.1, 0.15) is 0 Å². The van der Waals surface area contributed by atoms with Crippen LogP contribution in [0.2, 0.25) is 0 Å². The van der Waals surface area contributed by atoms with Crippen molar-refractivity contribution in [3.63, 3.8) is 0 Å². The first-order chi connectivity index (χ1) is 10.1. The van der Waals surface area contributed by atoms with Crippen molar-refractivity contribution in [3.8, 4) is 0 Å². The zero-order chi connectivity index (χ0) is 15.2. The topological polar surface area (TPSA) is 54.9 Å². The highest BCUT2D eigenvalue weighted by Gasteiger charge is 2.11. The van der Waals surface area contributed by atoms with Gasteiger partial charge in [0, 0.05) is 11.6 Å². The molecule has 0 unspecified atom stereocenters. The molecule has 0 aliphatic rings. The van der Waals surface area contributed by atoms with Gasteiger partial charge in [0.2, 0.25) is 0 Å². The van der Waals surface area contributed by atoms with Crippen LogP contribution in [0.25, 0.3) is 0 Å². The number of rotatable bonds is 5. The number of benzene rings is 1. The Morgan fingerprint density at radius 2 is 2.05 bits per heavy atom. The summed E-state index contributed by atoms with van der Waals surface area (Å²) in [6.07, 6.45) is 1.83. The second kappa shape index (κ2) is 7.18. The number of carbonyl (C=O) groups is 1. The van der Waals surface area contributed by atoms with E-state index in [-0.39, 0.29) is 5.91 Å². The third-order valence-electron chi connectivity index (χ3n) is 3.13. The lowest BCUT2D eigenvalue weighted by Gasteiger charge is -2.09. The number of halogens is 1. The number of hydrogen-bond donors (Lipinski definition) is 1. The van der Waals surface area contributed by atoms with E-state index < -0.39 is 0 Å². The standard InChI is InChI=1S/C16H18ClN3O/c1-11-9-15(12(2)20-19-11)16(21)18-14-7-3-5-13(10-14)6-4-8-17/h3,5,7,9-10H,4,6,8H2,1-2H3,(H,18,21). The molecule has 1 heterocycles. The molecular weight excluding hydrogens is 286 g/mol. The minimum absolute atomic E-state index is 0.167. The monoisotopic (exact) mass is 303 g/mol. The van der Waals surface area contributed by atoms with Crippen molar-refractivity contribution in [3.05, 3.63) is 52.8 Å². The summed E-state index contributed by atoms with van der Waals surface area (Å²) in [5.41, 5.74) is 3.84. The highest BCUT2D eigenvalue weighted by Crippen LogP contribution is 2.15. The molecule has 2 aromatic rings. The molecule has 0 spiro atoms. The largest absolute Gasteiger partial charge is 0.322 e. The summed E-state index contributed by atoms with van der Waals surface area (Å²) < 4.78 is 0. The first-order valence-corrected chi connectivity index (χ1v) is 7.41. The van der Waals surface area contributed by atoms with Crippen LogP contribution in [0, 0.1) is 13.8 Å². The maximum absolute atomic E-state index is 12.3. The summed E-state index contributed by atoms with van der Waals surface area (Å²) in [7, 11) is 0. The average molecular weight is 304 g/mol. The summed E-state index contributed by atoms with van der Waals surface area (Å²) in [6, 6.07) is 9.56. The molecule has 0 atom stereocenters. The number of nitrogens with one attached hydrogen (secondary N) is 1. The predicted molar refractivity (Wildman–Crippen MR) is 84.9 cm³/mol. The molecule has 0 saturated heterocycles. The number of hydrogen-bond acceptors (Lipinski definition) is 3. The van der Waals surface area contributed by atoms with Gasteiger partial charge < -0.3 is 5.32 Å². The number of anilines is 1. The zero-order valence-corrected chi connectivity index (χ0v) is 12.9. The van der Waals surface area contributed by atoms with E-state index in [0.717, 1.165) is 29.8 Å². The molecule has 0 radical (unpaired) electrons. The van der Waals surface area contributed by atoms with Crippen molar-refractivity contribution in [1.29, 1.82) is 0 Å². The van der Waals surface area contributed by atoms with Gasteiger partial charge in [0.15, 0.2) is 0 Å².